The number of fused-ring (bicyclic) bond motifs is 4. The Morgan fingerprint density at radius 1 is 1.18 bits per heavy atom. The van der Waals surface area contributed by atoms with Crippen molar-refractivity contribution < 1.29 is 9.84 Å². The average Bonchev–Trinajstić information content (AvgIpc) is 3.21. The van der Waals surface area contributed by atoms with Gasteiger partial charge in [-0.2, -0.15) is 0 Å². The third-order valence-electron chi connectivity index (χ3n) is 7.92. The van der Waals surface area contributed by atoms with E-state index in [-0.39, 0.29) is 23.9 Å². The number of benzene rings is 2. The molecule has 5 heteroatoms. The van der Waals surface area contributed by atoms with Gasteiger partial charge < -0.3 is 19.7 Å². The van der Waals surface area contributed by atoms with Gasteiger partial charge in [0.05, 0.1) is 5.69 Å². The van der Waals surface area contributed by atoms with Crippen LogP contribution in [0.15, 0.2) is 36.4 Å². The first-order valence-electron chi connectivity index (χ1n) is 10.00. The van der Waals surface area contributed by atoms with E-state index in [4.69, 9.17) is 4.74 Å². The van der Waals surface area contributed by atoms with Crippen LogP contribution in [0.5, 0.6) is 11.5 Å². The Labute approximate surface area is 169 Å². The molecule has 4 atom stereocenters. The highest BCUT2D eigenvalue weighted by atomic mass is 35.5. The second-order valence-corrected chi connectivity index (χ2v) is 8.86. The zero-order valence-corrected chi connectivity index (χ0v) is 16.6. The van der Waals surface area contributed by atoms with Crippen LogP contribution < -0.4 is 4.74 Å². The highest BCUT2D eigenvalue weighted by Crippen LogP contribution is 2.67. The third-order valence-corrected chi connectivity index (χ3v) is 7.92. The van der Waals surface area contributed by atoms with Crippen molar-refractivity contribution in [1.82, 2.24) is 9.88 Å². The van der Waals surface area contributed by atoms with Gasteiger partial charge in [0.25, 0.3) is 0 Å². The van der Waals surface area contributed by atoms with Crippen molar-refractivity contribution in [1.29, 1.82) is 0 Å². The molecule has 1 fully saturated rings. The summed E-state index contributed by atoms with van der Waals surface area (Å²) in [5.74, 6) is 1.58. The number of aromatic amines is 1. The van der Waals surface area contributed by atoms with Crippen molar-refractivity contribution in [3.05, 3.63) is 58.8 Å². The van der Waals surface area contributed by atoms with Crippen molar-refractivity contribution in [3.63, 3.8) is 0 Å². The van der Waals surface area contributed by atoms with Gasteiger partial charge in [0, 0.05) is 27.9 Å². The predicted octanol–water partition coefficient (Wildman–Crippen LogP) is 4.10. The highest BCUT2D eigenvalue weighted by molar-refractivity contribution is 5.86. The molecule has 3 aromatic rings. The Morgan fingerprint density at radius 2 is 2.04 bits per heavy atom. The lowest BCUT2D eigenvalue weighted by atomic mass is 9.52. The van der Waals surface area contributed by atoms with E-state index in [1.54, 1.807) is 0 Å². The van der Waals surface area contributed by atoms with Gasteiger partial charge in [0.2, 0.25) is 0 Å². The molecular formula is C23H23ClN2O2. The molecule has 7 rings (SSSR count). The Morgan fingerprint density at radius 3 is 2.93 bits per heavy atom. The number of phenolic OH excluding ortho intramolecular Hbond substituents is 1. The number of rotatable bonds is 0. The number of hydrogen-bond acceptors (Lipinski definition) is 3. The first-order valence-corrected chi connectivity index (χ1v) is 10.00. The molecule has 28 heavy (non-hydrogen) atoms. The van der Waals surface area contributed by atoms with Crippen LogP contribution in [0.4, 0.5) is 0 Å². The maximum absolute atomic E-state index is 10.6. The zero-order valence-electron chi connectivity index (χ0n) is 15.7. The number of ether oxygens (including phenoxy) is 1. The van der Waals surface area contributed by atoms with Crippen LogP contribution in [0.2, 0.25) is 0 Å². The molecule has 0 amide bonds. The minimum Gasteiger partial charge on any atom is -0.504 e. The summed E-state index contributed by atoms with van der Waals surface area (Å²) >= 11 is 0. The van der Waals surface area contributed by atoms with Gasteiger partial charge in [-0.05, 0) is 62.0 Å². The summed E-state index contributed by atoms with van der Waals surface area (Å²) in [5.41, 5.74) is 6.53. The summed E-state index contributed by atoms with van der Waals surface area (Å²) in [6, 6.07) is 13.1. The maximum atomic E-state index is 10.6. The highest BCUT2D eigenvalue weighted by Gasteiger charge is 2.65. The topological polar surface area (TPSA) is 48.5 Å². The van der Waals surface area contributed by atoms with Gasteiger partial charge >= 0.3 is 0 Å². The number of para-hydroxylation sites is 1. The van der Waals surface area contributed by atoms with Gasteiger partial charge in [-0.25, -0.2) is 0 Å². The van der Waals surface area contributed by atoms with Crippen molar-refractivity contribution in [3.8, 4) is 11.5 Å². The molecule has 2 aliphatic heterocycles. The van der Waals surface area contributed by atoms with Crippen molar-refractivity contribution in [2.45, 2.75) is 36.8 Å². The molecule has 1 saturated heterocycles. The molecule has 0 unspecified atom stereocenters. The van der Waals surface area contributed by atoms with E-state index in [1.165, 1.54) is 33.3 Å². The average molecular weight is 395 g/mol. The summed E-state index contributed by atoms with van der Waals surface area (Å²) < 4.78 is 6.60. The van der Waals surface area contributed by atoms with Crippen LogP contribution in [0.25, 0.3) is 10.9 Å². The molecule has 0 saturated carbocycles. The molecule has 4 aliphatic rings. The minimum absolute atomic E-state index is 0. The Kier molecular flexibility index (Phi) is 3.14. The largest absolute Gasteiger partial charge is 0.504 e. The first kappa shape index (κ1) is 16.8. The van der Waals surface area contributed by atoms with E-state index in [0.717, 1.165) is 31.6 Å². The zero-order chi connectivity index (χ0) is 17.9. The van der Waals surface area contributed by atoms with E-state index < -0.39 is 0 Å². The number of H-pyrrole nitrogens is 1. The lowest BCUT2D eigenvalue weighted by Crippen LogP contribution is -2.62. The molecule has 3 heterocycles. The number of likely N-dealkylation sites (N-methyl/N-ethyl adjacent to an activating group) is 1. The molecule has 4 nitrogen and oxygen atoms in total. The lowest BCUT2D eigenvalue weighted by molar-refractivity contribution is -0.0252. The summed E-state index contributed by atoms with van der Waals surface area (Å²) in [6.07, 6.45) is 3.22. The van der Waals surface area contributed by atoms with Crippen molar-refractivity contribution >= 4 is 23.3 Å². The van der Waals surface area contributed by atoms with E-state index in [0.29, 0.717) is 17.7 Å². The fraction of sp³-hybridized carbons (Fsp3) is 0.391. The second kappa shape index (κ2) is 5.25. The fourth-order valence-corrected chi connectivity index (χ4v) is 6.81. The molecule has 2 bridgehead atoms. The molecule has 2 N–H and O–H groups in total. The molecule has 2 aliphatic carbocycles. The van der Waals surface area contributed by atoms with Crippen LogP contribution >= 0.6 is 12.4 Å². The minimum atomic E-state index is -0.0165. The molecular weight excluding hydrogens is 372 g/mol. The van der Waals surface area contributed by atoms with Gasteiger partial charge in [-0.3, -0.25) is 0 Å². The SMILES string of the molecule is CN1CC[C@]23c4c5ccc(O)c4O[C@H]2c2[nH]c4ccccc4c2C[C@H]3[C@@H]1C5.Cl. The molecule has 1 aromatic heterocycles. The summed E-state index contributed by atoms with van der Waals surface area (Å²) in [7, 11) is 2.28. The number of nitrogens with zero attached hydrogens (tertiary/aromatic N) is 1. The Bertz CT molecular complexity index is 1140. The van der Waals surface area contributed by atoms with E-state index >= 15 is 0 Å². The third kappa shape index (κ3) is 1.69. The van der Waals surface area contributed by atoms with Crippen molar-refractivity contribution in [2.24, 2.45) is 5.92 Å². The number of hydrogen-bond donors (Lipinski definition) is 2. The van der Waals surface area contributed by atoms with Gasteiger partial charge in [0.1, 0.15) is 6.10 Å². The van der Waals surface area contributed by atoms with Crippen LogP contribution in [0, 0.1) is 5.92 Å². The molecule has 144 valence electrons. The maximum Gasteiger partial charge on any atom is 0.166 e. The van der Waals surface area contributed by atoms with Crippen LogP contribution in [-0.4, -0.2) is 34.6 Å². The number of piperidine rings is 1. The number of nitrogens with one attached hydrogen (secondary N) is 1. The normalized spacial score (nSPS) is 31.7. The summed E-state index contributed by atoms with van der Waals surface area (Å²) in [4.78, 5) is 6.25. The molecule has 0 radical (unpaired) electrons. The Hall–Kier alpha value is -2.17. The van der Waals surface area contributed by atoms with E-state index in [9.17, 15) is 5.11 Å². The van der Waals surface area contributed by atoms with Crippen LogP contribution in [0.1, 0.15) is 34.9 Å². The van der Waals surface area contributed by atoms with Crippen molar-refractivity contribution in [2.75, 3.05) is 13.6 Å². The Balaban J connectivity index is 0.00000156. The first-order chi connectivity index (χ1) is 13.2. The number of aromatic nitrogens is 1. The van der Waals surface area contributed by atoms with E-state index in [2.05, 4.69) is 47.3 Å². The number of aromatic hydroxyl groups is 1. The fourth-order valence-electron chi connectivity index (χ4n) is 6.81. The predicted molar refractivity (Wildman–Crippen MR) is 111 cm³/mol. The summed E-state index contributed by atoms with van der Waals surface area (Å²) in [5, 5.41) is 11.9. The lowest BCUT2D eigenvalue weighted by Gasteiger charge is -2.57. The molecule has 2 aromatic carbocycles. The van der Waals surface area contributed by atoms with E-state index in [1.807, 2.05) is 6.07 Å². The second-order valence-electron chi connectivity index (χ2n) is 8.86. The number of likely N-dealkylation sites (tertiary alicyclic amines) is 1. The summed E-state index contributed by atoms with van der Waals surface area (Å²) in [6.45, 7) is 1.09. The number of halogens is 1. The molecule has 1 spiro atoms. The van der Waals surface area contributed by atoms with Crippen LogP contribution in [-0.2, 0) is 18.3 Å². The standard InChI is InChI=1S/C23H22N2O2.ClH/c1-25-9-8-23-15-11-14-13-4-2-3-5-16(13)24-20(14)22(23)27-21-18(26)7-6-12(19(21)23)10-17(15)25;/h2-7,15,17,22,24,26H,8-11H2,1H3;1H/t15-,17-,22-,23-;/m0./s1. The number of phenols is 1. The monoisotopic (exact) mass is 394 g/mol. The van der Waals surface area contributed by atoms with Gasteiger partial charge in [-0.1, -0.05) is 24.3 Å². The van der Waals surface area contributed by atoms with Gasteiger partial charge in [0.15, 0.2) is 11.5 Å². The van der Waals surface area contributed by atoms with Gasteiger partial charge in [-0.15, -0.1) is 12.4 Å². The van der Waals surface area contributed by atoms with Crippen LogP contribution in [0.3, 0.4) is 0 Å². The smallest absolute Gasteiger partial charge is 0.166 e. The quantitative estimate of drug-likeness (QED) is 0.603.